The van der Waals surface area contributed by atoms with Gasteiger partial charge in [-0.3, -0.25) is 9.52 Å². The monoisotopic (exact) mass is 304 g/mol. The van der Waals surface area contributed by atoms with Crippen LogP contribution in [0.15, 0.2) is 24.3 Å². The predicted molar refractivity (Wildman–Crippen MR) is 77.2 cm³/mol. The molecule has 0 radical (unpaired) electrons. The fourth-order valence-corrected chi connectivity index (χ4v) is 2.82. The van der Waals surface area contributed by atoms with Gasteiger partial charge in [-0.25, -0.2) is 8.42 Å². The summed E-state index contributed by atoms with van der Waals surface area (Å²) >= 11 is 5.50. The molecule has 0 heterocycles. The van der Waals surface area contributed by atoms with Gasteiger partial charge < -0.3 is 5.32 Å². The Balaban J connectivity index is 2.64. The number of anilines is 1. The largest absolute Gasteiger partial charge is 0.355 e. The lowest BCUT2D eigenvalue weighted by atomic mass is 10.2. The van der Waals surface area contributed by atoms with Crippen molar-refractivity contribution in [3.63, 3.8) is 0 Å². The first-order valence-corrected chi connectivity index (χ1v) is 8.06. The highest BCUT2D eigenvalue weighted by Crippen LogP contribution is 2.12. The van der Waals surface area contributed by atoms with E-state index in [9.17, 15) is 13.2 Å². The number of carbonyl (C=O) groups excluding carboxylic acids is 1. The highest BCUT2D eigenvalue weighted by molar-refractivity contribution is 7.92. The van der Waals surface area contributed by atoms with Crippen LogP contribution in [0.1, 0.15) is 23.2 Å². The van der Waals surface area contributed by atoms with Gasteiger partial charge in [0, 0.05) is 24.2 Å². The van der Waals surface area contributed by atoms with Gasteiger partial charge >= 0.3 is 0 Å². The zero-order chi connectivity index (χ0) is 14.3. The lowest BCUT2D eigenvalue weighted by Gasteiger charge is -2.08. The first kappa shape index (κ1) is 15.8. The summed E-state index contributed by atoms with van der Waals surface area (Å²) in [6.07, 6.45) is 1.19. The average Bonchev–Trinajstić information content (AvgIpc) is 2.38. The van der Waals surface area contributed by atoms with Crippen molar-refractivity contribution in [2.24, 2.45) is 0 Å². The Morgan fingerprint density at radius 1 is 1.21 bits per heavy atom. The van der Waals surface area contributed by atoms with Gasteiger partial charge in [0.25, 0.3) is 5.91 Å². The summed E-state index contributed by atoms with van der Waals surface area (Å²) in [6.45, 7) is 0. The fraction of sp³-hybridized carbons (Fsp3) is 0.417. The second kappa shape index (κ2) is 7.35. The van der Waals surface area contributed by atoms with Gasteiger partial charge in [0.05, 0.1) is 5.75 Å². The van der Waals surface area contributed by atoms with E-state index >= 15 is 0 Å². The van der Waals surface area contributed by atoms with Gasteiger partial charge in [-0.15, -0.1) is 11.6 Å². The molecule has 5 nitrogen and oxygen atoms in total. The lowest BCUT2D eigenvalue weighted by molar-refractivity contribution is 0.0963. The second-order valence-corrected chi connectivity index (χ2v) is 6.19. The molecule has 0 aromatic heterocycles. The summed E-state index contributed by atoms with van der Waals surface area (Å²) in [4.78, 5) is 11.3. The van der Waals surface area contributed by atoms with E-state index in [-0.39, 0.29) is 11.7 Å². The lowest BCUT2D eigenvalue weighted by Crippen LogP contribution is -2.18. The molecule has 7 heteroatoms. The van der Waals surface area contributed by atoms with Gasteiger partial charge in [0.1, 0.15) is 0 Å². The molecule has 0 unspecified atom stereocenters. The summed E-state index contributed by atoms with van der Waals surface area (Å²) in [7, 11) is -1.82. The molecule has 1 amide bonds. The van der Waals surface area contributed by atoms with E-state index in [1.807, 2.05) is 0 Å². The molecule has 0 spiro atoms. The minimum atomic E-state index is -3.35. The number of halogens is 1. The Kier molecular flexibility index (Phi) is 6.11. The van der Waals surface area contributed by atoms with E-state index in [1.165, 1.54) is 7.05 Å². The number of sulfonamides is 1. The highest BCUT2D eigenvalue weighted by Gasteiger charge is 2.10. The number of unbranched alkanes of at least 4 members (excludes halogenated alkanes) is 1. The number of rotatable bonds is 7. The molecule has 19 heavy (non-hydrogen) atoms. The molecule has 0 atom stereocenters. The fourth-order valence-electron chi connectivity index (χ4n) is 1.45. The molecule has 1 aromatic carbocycles. The van der Waals surface area contributed by atoms with Crippen molar-refractivity contribution in [2.75, 3.05) is 23.4 Å². The van der Waals surface area contributed by atoms with Crippen LogP contribution < -0.4 is 10.0 Å². The standard InChI is InChI=1S/C12H17ClN2O3S/c1-14-12(16)10-4-6-11(7-5-10)15-19(17,18)9-3-2-8-13/h4-7,15H,2-3,8-9H2,1H3,(H,14,16). The molecule has 0 aliphatic carbocycles. The number of hydrogen-bond donors (Lipinski definition) is 2. The summed E-state index contributed by atoms with van der Waals surface area (Å²) in [5.74, 6) is 0.282. The Morgan fingerprint density at radius 2 is 1.84 bits per heavy atom. The van der Waals surface area contributed by atoms with Crippen LogP contribution in [0.25, 0.3) is 0 Å². The number of amides is 1. The molecular weight excluding hydrogens is 288 g/mol. The van der Waals surface area contributed by atoms with Crippen LogP contribution in [0.3, 0.4) is 0 Å². The summed E-state index contributed by atoms with van der Waals surface area (Å²) in [6, 6.07) is 6.25. The Labute approximate surface area is 118 Å². The van der Waals surface area contributed by atoms with E-state index in [2.05, 4.69) is 10.0 Å². The van der Waals surface area contributed by atoms with Crippen molar-refractivity contribution in [1.29, 1.82) is 0 Å². The number of hydrogen-bond acceptors (Lipinski definition) is 3. The van der Waals surface area contributed by atoms with E-state index in [0.29, 0.717) is 30.0 Å². The molecule has 2 N–H and O–H groups in total. The van der Waals surface area contributed by atoms with Crippen molar-refractivity contribution in [2.45, 2.75) is 12.8 Å². The number of alkyl halides is 1. The van der Waals surface area contributed by atoms with Gasteiger partial charge in [-0.05, 0) is 37.1 Å². The average molecular weight is 305 g/mol. The summed E-state index contributed by atoms with van der Waals surface area (Å²) in [5, 5.41) is 2.49. The van der Waals surface area contributed by atoms with Gasteiger partial charge in [-0.2, -0.15) is 0 Å². The Bertz CT molecular complexity index is 514. The third kappa shape index (κ3) is 5.48. The number of benzene rings is 1. The van der Waals surface area contributed by atoms with Crippen molar-refractivity contribution >= 4 is 33.2 Å². The topological polar surface area (TPSA) is 75.3 Å². The SMILES string of the molecule is CNC(=O)c1ccc(NS(=O)(=O)CCCCCl)cc1. The molecule has 1 aromatic rings. The first-order chi connectivity index (χ1) is 8.98. The number of nitrogens with one attached hydrogen (secondary N) is 2. The Morgan fingerprint density at radius 3 is 2.37 bits per heavy atom. The van der Waals surface area contributed by atoms with Crippen LogP contribution in [0.5, 0.6) is 0 Å². The second-order valence-electron chi connectivity index (χ2n) is 3.97. The van der Waals surface area contributed by atoms with Crippen molar-refractivity contribution in [3.8, 4) is 0 Å². The third-order valence-corrected chi connectivity index (χ3v) is 4.08. The van der Waals surface area contributed by atoms with Crippen molar-refractivity contribution < 1.29 is 13.2 Å². The van der Waals surface area contributed by atoms with Crippen LogP contribution >= 0.6 is 11.6 Å². The minimum absolute atomic E-state index is 0.0386. The predicted octanol–water partition coefficient (Wildman–Crippen LogP) is 1.81. The molecule has 106 valence electrons. The first-order valence-electron chi connectivity index (χ1n) is 5.87. The van der Waals surface area contributed by atoms with Crippen molar-refractivity contribution in [1.82, 2.24) is 5.32 Å². The molecule has 0 aliphatic heterocycles. The van der Waals surface area contributed by atoms with Crippen LogP contribution in [-0.4, -0.2) is 33.0 Å². The zero-order valence-corrected chi connectivity index (χ0v) is 12.2. The van der Waals surface area contributed by atoms with Gasteiger partial charge in [0.15, 0.2) is 0 Å². The van der Waals surface area contributed by atoms with E-state index in [0.717, 1.165) is 0 Å². The zero-order valence-electron chi connectivity index (χ0n) is 10.6. The van der Waals surface area contributed by atoms with E-state index < -0.39 is 10.0 Å². The maximum Gasteiger partial charge on any atom is 0.251 e. The third-order valence-electron chi connectivity index (χ3n) is 2.44. The maximum atomic E-state index is 11.7. The summed E-state index contributed by atoms with van der Waals surface area (Å²) in [5.41, 5.74) is 0.922. The number of carbonyl (C=O) groups is 1. The molecule has 0 saturated heterocycles. The van der Waals surface area contributed by atoms with Gasteiger partial charge in [-0.1, -0.05) is 0 Å². The van der Waals surface area contributed by atoms with Crippen LogP contribution in [0.4, 0.5) is 5.69 Å². The molecule has 0 saturated carbocycles. The van der Waals surface area contributed by atoms with E-state index in [1.54, 1.807) is 24.3 Å². The highest BCUT2D eigenvalue weighted by atomic mass is 35.5. The smallest absolute Gasteiger partial charge is 0.251 e. The Hall–Kier alpha value is -1.27. The van der Waals surface area contributed by atoms with Crippen LogP contribution in [-0.2, 0) is 10.0 Å². The molecular formula is C12H17ClN2O3S. The molecule has 0 aliphatic rings. The summed E-state index contributed by atoms with van der Waals surface area (Å²) < 4.78 is 25.9. The quantitative estimate of drug-likeness (QED) is 0.596. The van der Waals surface area contributed by atoms with Crippen LogP contribution in [0, 0.1) is 0 Å². The maximum absolute atomic E-state index is 11.7. The molecule has 1 rings (SSSR count). The normalized spacial score (nSPS) is 11.1. The van der Waals surface area contributed by atoms with Crippen LogP contribution in [0.2, 0.25) is 0 Å². The van der Waals surface area contributed by atoms with Gasteiger partial charge in [0.2, 0.25) is 10.0 Å². The van der Waals surface area contributed by atoms with E-state index in [4.69, 9.17) is 11.6 Å². The van der Waals surface area contributed by atoms with Crippen molar-refractivity contribution in [3.05, 3.63) is 29.8 Å². The molecule has 0 fully saturated rings. The molecule has 0 bridgehead atoms. The minimum Gasteiger partial charge on any atom is -0.355 e.